The van der Waals surface area contributed by atoms with Gasteiger partial charge in [-0.3, -0.25) is 4.90 Å². The van der Waals surface area contributed by atoms with Crippen LogP contribution in [-0.4, -0.2) is 55.7 Å². The Morgan fingerprint density at radius 2 is 1.93 bits per heavy atom. The highest BCUT2D eigenvalue weighted by molar-refractivity contribution is 6.30. The minimum absolute atomic E-state index is 0.0934. The first-order valence-electron chi connectivity index (χ1n) is 9.23. The summed E-state index contributed by atoms with van der Waals surface area (Å²) in [4.78, 5) is 16.6. The first-order valence-corrected chi connectivity index (χ1v) is 9.61. The van der Waals surface area contributed by atoms with Gasteiger partial charge in [0.1, 0.15) is 0 Å². The maximum absolute atomic E-state index is 12.6. The van der Waals surface area contributed by atoms with Crippen LogP contribution in [0.2, 0.25) is 5.02 Å². The molecule has 1 heterocycles. The number of halogens is 1. The lowest BCUT2D eigenvalue weighted by molar-refractivity contribution is 0.0165. The van der Waals surface area contributed by atoms with E-state index in [1.165, 1.54) is 5.56 Å². The van der Waals surface area contributed by atoms with Gasteiger partial charge in [-0.05, 0) is 23.3 Å². The molecule has 0 spiro atoms. The van der Waals surface area contributed by atoms with Crippen LogP contribution in [0.1, 0.15) is 17.2 Å². The van der Waals surface area contributed by atoms with E-state index in [1.807, 2.05) is 42.5 Å². The molecule has 2 aromatic carbocycles. The number of hydrogen-bond acceptors (Lipinski definition) is 3. The number of carbonyl (C=O) groups is 1. The second-order valence-electron chi connectivity index (χ2n) is 6.75. The van der Waals surface area contributed by atoms with Crippen LogP contribution in [0.4, 0.5) is 4.79 Å². The van der Waals surface area contributed by atoms with Gasteiger partial charge in [-0.25, -0.2) is 4.79 Å². The lowest BCUT2D eigenvalue weighted by Crippen LogP contribution is -2.46. The fourth-order valence-corrected chi connectivity index (χ4v) is 3.53. The van der Waals surface area contributed by atoms with Crippen LogP contribution in [-0.2, 0) is 11.3 Å². The van der Waals surface area contributed by atoms with E-state index in [9.17, 15) is 4.79 Å². The van der Waals surface area contributed by atoms with Gasteiger partial charge in [0.15, 0.2) is 0 Å². The summed E-state index contributed by atoms with van der Waals surface area (Å²) < 4.78 is 5.48. The highest BCUT2D eigenvalue weighted by Gasteiger charge is 2.23. The molecule has 5 nitrogen and oxygen atoms in total. The number of amides is 2. The van der Waals surface area contributed by atoms with E-state index in [4.69, 9.17) is 16.3 Å². The quantitative estimate of drug-likeness (QED) is 0.824. The molecule has 0 radical (unpaired) electrons. The molecule has 2 amide bonds. The number of benzene rings is 2. The summed E-state index contributed by atoms with van der Waals surface area (Å²) in [5.74, 6) is 0. The van der Waals surface area contributed by atoms with E-state index in [2.05, 4.69) is 22.3 Å². The van der Waals surface area contributed by atoms with Crippen molar-refractivity contribution in [3.05, 3.63) is 70.7 Å². The molecule has 3 rings (SSSR count). The first kappa shape index (κ1) is 19.7. The minimum Gasteiger partial charge on any atom is -0.379 e. The van der Waals surface area contributed by atoms with Gasteiger partial charge in [-0.1, -0.05) is 54.1 Å². The lowest BCUT2D eigenvalue weighted by Gasteiger charge is -2.35. The van der Waals surface area contributed by atoms with Crippen molar-refractivity contribution in [2.24, 2.45) is 0 Å². The fourth-order valence-electron chi connectivity index (χ4n) is 3.32. The van der Waals surface area contributed by atoms with Crippen molar-refractivity contribution in [2.45, 2.75) is 12.6 Å². The van der Waals surface area contributed by atoms with E-state index in [0.29, 0.717) is 18.1 Å². The number of urea groups is 1. The van der Waals surface area contributed by atoms with Gasteiger partial charge in [0.25, 0.3) is 0 Å². The van der Waals surface area contributed by atoms with Crippen LogP contribution >= 0.6 is 11.6 Å². The molecule has 0 bridgehead atoms. The van der Waals surface area contributed by atoms with Crippen molar-refractivity contribution >= 4 is 17.6 Å². The van der Waals surface area contributed by atoms with E-state index in [-0.39, 0.29) is 12.1 Å². The van der Waals surface area contributed by atoms with Crippen molar-refractivity contribution in [3.63, 3.8) is 0 Å². The summed E-state index contributed by atoms with van der Waals surface area (Å²) in [6, 6.07) is 17.9. The molecular formula is C21H26ClN3O2. The Morgan fingerprint density at radius 3 is 2.63 bits per heavy atom. The number of hydrogen-bond donors (Lipinski definition) is 1. The summed E-state index contributed by atoms with van der Waals surface area (Å²) in [6.45, 7) is 4.27. The normalized spacial score (nSPS) is 15.9. The maximum atomic E-state index is 12.6. The number of ether oxygens (including phenoxy) is 1. The first-order chi connectivity index (χ1) is 13.1. The van der Waals surface area contributed by atoms with Crippen LogP contribution in [0.3, 0.4) is 0 Å². The van der Waals surface area contributed by atoms with Crippen LogP contribution in [0.5, 0.6) is 0 Å². The van der Waals surface area contributed by atoms with Gasteiger partial charge in [-0.2, -0.15) is 0 Å². The molecule has 0 saturated carbocycles. The smallest absolute Gasteiger partial charge is 0.317 e. The van der Waals surface area contributed by atoms with E-state index >= 15 is 0 Å². The highest BCUT2D eigenvalue weighted by atomic mass is 35.5. The number of nitrogens with one attached hydrogen (secondary N) is 1. The predicted molar refractivity (Wildman–Crippen MR) is 108 cm³/mol. The molecule has 1 N–H and O–H groups in total. The zero-order valence-electron chi connectivity index (χ0n) is 15.6. The molecule has 1 atom stereocenters. The van der Waals surface area contributed by atoms with Crippen LogP contribution in [0.25, 0.3) is 0 Å². The molecule has 0 aromatic heterocycles. The van der Waals surface area contributed by atoms with Gasteiger partial charge in [0.05, 0.1) is 19.3 Å². The van der Waals surface area contributed by atoms with Gasteiger partial charge in [0.2, 0.25) is 0 Å². The second-order valence-corrected chi connectivity index (χ2v) is 7.18. The van der Waals surface area contributed by atoms with E-state index in [1.54, 1.807) is 11.9 Å². The summed E-state index contributed by atoms with van der Waals surface area (Å²) in [7, 11) is 1.79. The summed E-state index contributed by atoms with van der Waals surface area (Å²) >= 11 is 6.03. The largest absolute Gasteiger partial charge is 0.379 e. The van der Waals surface area contributed by atoms with Gasteiger partial charge >= 0.3 is 6.03 Å². The third-order valence-corrected chi connectivity index (χ3v) is 5.01. The molecule has 2 aromatic rings. The Balaban J connectivity index is 1.61. The molecule has 27 heavy (non-hydrogen) atoms. The Bertz CT molecular complexity index is 735. The summed E-state index contributed by atoms with van der Waals surface area (Å²) in [5.41, 5.74) is 2.21. The Labute approximate surface area is 165 Å². The Morgan fingerprint density at radius 1 is 1.19 bits per heavy atom. The Kier molecular flexibility index (Phi) is 7.10. The molecule has 0 unspecified atom stereocenters. The molecule has 0 aliphatic carbocycles. The fraction of sp³-hybridized carbons (Fsp3) is 0.381. The average Bonchev–Trinajstić information content (AvgIpc) is 2.69. The molecule has 1 saturated heterocycles. The monoisotopic (exact) mass is 387 g/mol. The number of rotatable bonds is 6. The SMILES string of the molecule is CN(Cc1cccc(Cl)c1)C(=O)NC[C@@H](c1ccccc1)N1CCOCC1. The topological polar surface area (TPSA) is 44.8 Å². The van der Waals surface area contributed by atoms with Crippen molar-refractivity contribution in [2.75, 3.05) is 39.9 Å². The van der Waals surface area contributed by atoms with Crippen molar-refractivity contribution in [3.8, 4) is 0 Å². The van der Waals surface area contributed by atoms with Crippen LogP contribution in [0, 0.1) is 0 Å². The number of nitrogens with zero attached hydrogens (tertiary/aromatic N) is 2. The second kappa shape index (κ2) is 9.74. The molecule has 144 valence electrons. The summed E-state index contributed by atoms with van der Waals surface area (Å²) in [5, 5.41) is 3.76. The minimum atomic E-state index is -0.0934. The predicted octanol–water partition coefficient (Wildman–Crippen LogP) is 3.55. The van der Waals surface area contributed by atoms with Crippen LogP contribution < -0.4 is 5.32 Å². The van der Waals surface area contributed by atoms with Crippen molar-refractivity contribution < 1.29 is 9.53 Å². The third-order valence-electron chi connectivity index (χ3n) is 4.77. The highest BCUT2D eigenvalue weighted by Crippen LogP contribution is 2.21. The van der Waals surface area contributed by atoms with Gasteiger partial charge in [0, 0.05) is 38.2 Å². The van der Waals surface area contributed by atoms with Gasteiger partial charge in [-0.15, -0.1) is 0 Å². The lowest BCUT2D eigenvalue weighted by atomic mass is 10.0. The maximum Gasteiger partial charge on any atom is 0.317 e. The number of morpholine rings is 1. The van der Waals surface area contributed by atoms with Gasteiger partial charge < -0.3 is 15.0 Å². The molecule has 1 aliphatic heterocycles. The van der Waals surface area contributed by atoms with Crippen molar-refractivity contribution in [1.29, 1.82) is 0 Å². The number of carbonyl (C=O) groups excluding carboxylic acids is 1. The Hall–Kier alpha value is -2.08. The summed E-state index contributed by atoms with van der Waals surface area (Å²) in [6.07, 6.45) is 0. The van der Waals surface area contributed by atoms with Crippen molar-refractivity contribution in [1.82, 2.24) is 15.1 Å². The zero-order chi connectivity index (χ0) is 19.1. The zero-order valence-corrected chi connectivity index (χ0v) is 16.4. The standard InChI is InChI=1S/C21H26ClN3O2/c1-24(16-17-6-5-9-19(22)14-17)21(26)23-15-20(18-7-3-2-4-8-18)25-10-12-27-13-11-25/h2-9,14,20H,10-13,15-16H2,1H3,(H,23,26)/t20-/m0/s1. The third kappa shape index (κ3) is 5.70. The molecule has 6 heteroatoms. The molecular weight excluding hydrogens is 362 g/mol. The van der Waals surface area contributed by atoms with Crippen LogP contribution in [0.15, 0.2) is 54.6 Å². The molecule has 1 aliphatic rings. The molecule has 1 fully saturated rings. The average molecular weight is 388 g/mol. The van der Waals surface area contributed by atoms with E-state index in [0.717, 1.165) is 31.9 Å². The van der Waals surface area contributed by atoms with E-state index < -0.39 is 0 Å².